The van der Waals surface area contributed by atoms with Gasteiger partial charge in [0, 0.05) is 23.9 Å². The maximum atomic E-state index is 11.8. The average molecular weight is 454 g/mol. The number of anilines is 2. The van der Waals surface area contributed by atoms with E-state index in [-0.39, 0.29) is 6.61 Å². The van der Waals surface area contributed by atoms with Gasteiger partial charge in [-0.25, -0.2) is 14.0 Å². The van der Waals surface area contributed by atoms with Gasteiger partial charge in [0.1, 0.15) is 16.9 Å². The third-order valence-electron chi connectivity index (χ3n) is 4.04. The number of fused-ring (bicyclic) bond motifs is 1. The summed E-state index contributed by atoms with van der Waals surface area (Å²) < 4.78 is 20.7. The first kappa shape index (κ1) is 23.1. The Labute approximate surface area is 190 Å². The molecule has 0 unspecified atom stereocenters. The smallest absolute Gasteiger partial charge is 0.344 e. The van der Waals surface area contributed by atoms with Gasteiger partial charge in [-0.1, -0.05) is 5.10 Å². The molecule has 0 N–H and O–H groups in total. The molecule has 0 atom stereocenters. The van der Waals surface area contributed by atoms with E-state index < -0.39 is 11.6 Å². The van der Waals surface area contributed by atoms with Crippen molar-refractivity contribution >= 4 is 52.8 Å². The summed E-state index contributed by atoms with van der Waals surface area (Å²) >= 11 is 1.37. The molecule has 8 nitrogen and oxygen atoms in total. The summed E-state index contributed by atoms with van der Waals surface area (Å²) in [5, 5.41) is 5.94. The third-order valence-corrected chi connectivity index (χ3v) is 4.36. The van der Waals surface area contributed by atoms with Crippen molar-refractivity contribution in [3.63, 3.8) is 0 Å². The van der Waals surface area contributed by atoms with Crippen molar-refractivity contribution in [2.24, 2.45) is 9.50 Å². The van der Waals surface area contributed by atoms with Crippen LogP contribution in [0.2, 0.25) is 0 Å². The Kier molecular flexibility index (Phi) is 7.35. The highest BCUT2D eigenvalue weighted by molar-refractivity contribution is 7.97. The number of isocyanates is 1. The van der Waals surface area contributed by atoms with Crippen molar-refractivity contribution in [1.29, 1.82) is 0 Å². The van der Waals surface area contributed by atoms with Gasteiger partial charge in [-0.15, -0.1) is 0 Å². The van der Waals surface area contributed by atoms with Gasteiger partial charge in [-0.3, -0.25) is 0 Å². The minimum absolute atomic E-state index is 0.210. The zero-order chi connectivity index (χ0) is 23.1. The number of benzene rings is 2. The predicted octanol–water partition coefficient (Wildman–Crippen LogP) is 5.24. The van der Waals surface area contributed by atoms with Gasteiger partial charge in [-0.05, 0) is 80.7 Å². The van der Waals surface area contributed by atoms with Crippen LogP contribution in [-0.4, -0.2) is 36.7 Å². The minimum atomic E-state index is -0.577. The van der Waals surface area contributed by atoms with Crippen molar-refractivity contribution in [2.45, 2.75) is 26.4 Å². The highest BCUT2D eigenvalue weighted by Gasteiger charge is 2.17. The highest BCUT2D eigenvalue weighted by Crippen LogP contribution is 2.32. The maximum Gasteiger partial charge on any atom is 0.344 e. The molecule has 32 heavy (non-hydrogen) atoms. The predicted molar refractivity (Wildman–Crippen MR) is 125 cm³/mol. The van der Waals surface area contributed by atoms with Crippen molar-refractivity contribution in [3.8, 4) is 5.75 Å². The molecule has 166 valence electrons. The summed E-state index contributed by atoms with van der Waals surface area (Å²) in [6, 6.07) is 14.1. The van der Waals surface area contributed by atoms with Crippen LogP contribution in [0.3, 0.4) is 0 Å². The summed E-state index contributed by atoms with van der Waals surface area (Å²) in [5.74, 6) is 0.361. The first-order valence-corrected chi connectivity index (χ1v) is 10.9. The summed E-state index contributed by atoms with van der Waals surface area (Å²) in [6.45, 7) is 5.16. The number of esters is 1. The minimum Gasteiger partial charge on any atom is -0.482 e. The molecular weight excluding hydrogens is 430 g/mol. The molecule has 3 rings (SSSR count). The normalized spacial score (nSPS) is 11.4. The number of furan rings is 1. The number of ether oxygens (including phenoxy) is 2. The standard InChI is InChI=1S/C23H23N3O5S/c1-23(2,3)31-22(28)14-29-19-8-6-18(7-9-19)26(24-15-27)21-12-17-11-16(13-25-32-4)5-10-20(17)30-21/h5-13H,14H2,1-4H3/b25-13+. The van der Waals surface area contributed by atoms with Crippen LogP contribution in [0.25, 0.3) is 11.0 Å². The molecule has 2 aromatic carbocycles. The molecule has 3 aromatic rings. The molecule has 0 saturated carbocycles. The van der Waals surface area contributed by atoms with Crippen molar-refractivity contribution in [3.05, 3.63) is 54.1 Å². The first-order chi connectivity index (χ1) is 15.3. The number of hydrogen-bond acceptors (Lipinski definition) is 9. The van der Waals surface area contributed by atoms with Gasteiger partial charge in [0.05, 0.1) is 5.69 Å². The first-order valence-electron chi connectivity index (χ1n) is 9.72. The van der Waals surface area contributed by atoms with Crippen LogP contribution in [0.15, 0.2) is 62.4 Å². The molecular formula is C23H23N3O5S. The van der Waals surface area contributed by atoms with E-state index in [0.717, 1.165) is 10.9 Å². The lowest BCUT2D eigenvalue weighted by Gasteiger charge is -2.19. The van der Waals surface area contributed by atoms with Crippen LogP contribution >= 0.6 is 11.9 Å². The number of rotatable bonds is 8. The van der Waals surface area contributed by atoms with Crippen LogP contribution in [0.1, 0.15) is 26.3 Å². The zero-order valence-corrected chi connectivity index (χ0v) is 19.0. The topological polar surface area (TPSA) is 93.7 Å². The molecule has 0 bridgehead atoms. The Bertz CT molecular complexity index is 1160. The SMILES string of the molecule is CS/N=C/c1ccc2oc(N(N=C=O)c3ccc(OCC(=O)OC(C)(C)C)cc3)cc2c1. The number of carbonyl (C=O) groups excluding carboxylic acids is 2. The molecule has 1 heterocycles. The number of hydrazone groups is 1. The highest BCUT2D eigenvalue weighted by atomic mass is 32.2. The lowest BCUT2D eigenvalue weighted by atomic mass is 10.2. The lowest BCUT2D eigenvalue weighted by molar-refractivity contribution is -0.157. The summed E-state index contributed by atoms with van der Waals surface area (Å²) in [7, 11) is 0. The van der Waals surface area contributed by atoms with E-state index >= 15 is 0 Å². The van der Waals surface area contributed by atoms with Crippen LogP contribution in [0.5, 0.6) is 5.75 Å². The molecule has 9 heteroatoms. The Morgan fingerprint density at radius 1 is 1.19 bits per heavy atom. The fourth-order valence-corrected chi connectivity index (χ4v) is 3.05. The van der Waals surface area contributed by atoms with Gasteiger partial charge < -0.3 is 13.9 Å². The molecule has 1 aromatic heterocycles. The van der Waals surface area contributed by atoms with Gasteiger partial charge in [0.2, 0.25) is 5.88 Å². The monoisotopic (exact) mass is 453 g/mol. The van der Waals surface area contributed by atoms with E-state index in [1.54, 1.807) is 63.4 Å². The van der Waals surface area contributed by atoms with E-state index in [4.69, 9.17) is 13.9 Å². The molecule has 0 radical (unpaired) electrons. The summed E-state index contributed by atoms with van der Waals surface area (Å²) in [5.41, 5.74) is 1.55. The van der Waals surface area contributed by atoms with Gasteiger partial charge >= 0.3 is 5.97 Å². The van der Waals surface area contributed by atoms with Gasteiger partial charge in [-0.2, -0.15) is 5.01 Å². The number of nitrogens with zero attached hydrogens (tertiary/aromatic N) is 3. The summed E-state index contributed by atoms with van der Waals surface area (Å²) in [4.78, 5) is 22.8. The van der Waals surface area contributed by atoms with Crippen LogP contribution < -0.4 is 9.75 Å². The van der Waals surface area contributed by atoms with E-state index in [0.29, 0.717) is 22.9 Å². The molecule has 0 aliphatic rings. The van der Waals surface area contributed by atoms with E-state index in [1.807, 2.05) is 24.5 Å². The second-order valence-corrected chi connectivity index (χ2v) is 8.25. The summed E-state index contributed by atoms with van der Waals surface area (Å²) in [6.07, 6.45) is 5.19. The molecule has 0 saturated heterocycles. The van der Waals surface area contributed by atoms with Crippen LogP contribution in [0, 0.1) is 0 Å². The quantitative estimate of drug-likeness (QED) is 0.151. The number of carbonyl (C=O) groups is 1. The maximum absolute atomic E-state index is 11.8. The molecule has 0 spiro atoms. The Balaban J connectivity index is 1.77. The second-order valence-electron chi connectivity index (χ2n) is 7.67. The average Bonchev–Trinajstić information content (AvgIpc) is 3.17. The fourth-order valence-electron chi connectivity index (χ4n) is 2.82. The Hall–Kier alpha value is -3.55. The molecule has 0 aliphatic heterocycles. The second kappa shape index (κ2) is 10.2. The number of hydrogen-bond donors (Lipinski definition) is 0. The Morgan fingerprint density at radius 3 is 2.59 bits per heavy atom. The molecule has 0 amide bonds. The van der Waals surface area contributed by atoms with E-state index in [9.17, 15) is 9.59 Å². The third kappa shape index (κ3) is 6.23. The van der Waals surface area contributed by atoms with Crippen molar-refractivity contribution in [2.75, 3.05) is 17.9 Å². The zero-order valence-electron chi connectivity index (χ0n) is 18.2. The molecule has 0 aliphatic carbocycles. The van der Waals surface area contributed by atoms with Crippen molar-refractivity contribution in [1.82, 2.24) is 0 Å². The van der Waals surface area contributed by atoms with Crippen LogP contribution in [-0.2, 0) is 14.3 Å². The van der Waals surface area contributed by atoms with Gasteiger partial charge in [0.15, 0.2) is 6.61 Å². The lowest BCUT2D eigenvalue weighted by Crippen LogP contribution is -2.27. The van der Waals surface area contributed by atoms with E-state index in [2.05, 4.69) is 9.50 Å². The van der Waals surface area contributed by atoms with Gasteiger partial charge in [0.25, 0.3) is 6.08 Å². The molecule has 0 fully saturated rings. The fraction of sp³-hybridized carbons (Fsp3) is 0.261. The van der Waals surface area contributed by atoms with Crippen LogP contribution in [0.4, 0.5) is 11.6 Å². The van der Waals surface area contributed by atoms with Crippen molar-refractivity contribution < 1.29 is 23.5 Å². The van der Waals surface area contributed by atoms with E-state index in [1.165, 1.54) is 17.0 Å². The largest absolute Gasteiger partial charge is 0.482 e. The Morgan fingerprint density at radius 2 is 1.94 bits per heavy atom.